The van der Waals surface area contributed by atoms with Gasteiger partial charge in [-0.1, -0.05) is 37.3 Å². The van der Waals surface area contributed by atoms with Gasteiger partial charge in [0.2, 0.25) is 5.13 Å². The van der Waals surface area contributed by atoms with E-state index < -0.39 is 11.9 Å². The minimum absolute atomic E-state index is 0.214. The van der Waals surface area contributed by atoms with Crippen LogP contribution in [0.25, 0.3) is 0 Å². The molecule has 1 aromatic carbocycles. The highest BCUT2D eigenvalue weighted by Gasteiger charge is 2.18. The van der Waals surface area contributed by atoms with E-state index in [4.69, 9.17) is 0 Å². The van der Waals surface area contributed by atoms with Crippen LogP contribution in [0.15, 0.2) is 24.3 Å². The van der Waals surface area contributed by atoms with E-state index in [0.717, 1.165) is 5.01 Å². The maximum Gasteiger partial charge on any atom is 0.338 e. The van der Waals surface area contributed by atoms with Gasteiger partial charge < -0.3 is 4.74 Å². The van der Waals surface area contributed by atoms with Crippen LogP contribution in [0.2, 0.25) is 0 Å². The lowest BCUT2D eigenvalue weighted by Crippen LogP contribution is -2.17. The molecule has 0 fully saturated rings. The van der Waals surface area contributed by atoms with Crippen molar-refractivity contribution in [1.82, 2.24) is 10.2 Å². The Balaban J connectivity index is 2.22. The van der Waals surface area contributed by atoms with Gasteiger partial charge in [-0.25, -0.2) is 4.79 Å². The summed E-state index contributed by atoms with van der Waals surface area (Å²) >= 11 is 1.31. The topological polar surface area (TPSA) is 81.2 Å². The van der Waals surface area contributed by atoms with Gasteiger partial charge >= 0.3 is 5.97 Å². The van der Waals surface area contributed by atoms with Crippen LogP contribution in [0.4, 0.5) is 5.13 Å². The van der Waals surface area contributed by atoms with E-state index in [1.807, 2.05) is 13.8 Å². The van der Waals surface area contributed by atoms with Gasteiger partial charge in [-0.3, -0.25) is 10.1 Å². The van der Waals surface area contributed by atoms with Gasteiger partial charge in [0.15, 0.2) is 0 Å². The molecule has 1 amide bonds. The number of carbonyl (C=O) groups is 2. The number of benzene rings is 1. The van der Waals surface area contributed by atoms with Crippen LogP contribution in [-0.4, -0.2) is 29.2 Å². The lowest BCUT2D eigenvalue weighted by Gasteiger charge is -2.06. The second kappa shape index (κ2) is 6.45. The number of carbonyl (C=O) groups excluding carboxylic acids is 2. The Kier molecular flexibility index (Phi) is 4.64. The van der Waals surface area contributed by atoms with Gasteiger partial charge in [-0.2, -0.15) is 0 Å². The molecule has 0 aliphatic heterocycles. The third-order valence-electron chi connectivity index (χ3n) is 2.73. The van der Waals surface area contributed by atoms with Crippen molar-refractivity contribution in [2.75, 3.05) is 12.4 Å². The molecule has 110 valence electrons. The fraction of sp³-hybridized carbons (Fsp3) is 0.286. The summed E-state index contributed by atoms with van der Waals surface area (Å²) in [6.07, 6.45) is 0. The van der Waals surface area contributed by atoms with E-state index >= 15 is 0 Å². The van der Waals surface area contributed by atoms with Crippen molar-refractivity contribution in [3.63, 3.8) is 0 Å². The monoisotopic (exact) mass is 305 g/mol. The summed E-state index contributed by atoms with van der Waals surface area (Å²) in [4.78, 5) is 23.9. The van der Waals surface area contributed by atoms with Crippen molar-refractivity contribution in [3.8, 4) is 0 Å². The molecule has 21 heavy (non-hydrogen) atoms. The highest BCUT2D eigenvalue weighted by atomic mass is 32.1. The Morgan fingerprint density at radius 2 is 1.86 bits per heavy atom. The summed E-state index contributed by atoms with van der Waals surface area (Å²) < 4.78 is 4.67. The van der Waals surface area contributed by atoms with E-state index in [2.05, 4.69) is 20.3 Å². The van der Waals surface area contributed by atoms with Crippen molar-refractivity contribution < 1.29 is 14.3 Å². The lowest BCUT2D eigenvalue weighted by atomic mass is 10.1. The molecule has 0 atom stereocenters. The number of hydrogen-bond acceptors (Lipinski definition) is 6. The van der Waals surface area contributed by atoms with Gasteiger partial charge in [0.25, 0.3) is 5.91 Å². The smallest absolute Gasteiger partial charge is 0.338 e. The Morgan fingerprint density at radius 1 is 1.19 bits per heavy atom. The third-order valence-corrected chi connectivity index (χ3v) is 3.87. The minimum Gasteiger partial charge on any atom is -0.465 e. The van der Waals surface area contributed by atoms with E-state index in [0.29, 0.717) is 5.13 Å². The Hall–Kier alpha value is -2.28. The first-order chi connectivity index (χ1) is 10.0. The van der Waals surface area contributed by atoms with E-state index in [-0.39, 0.29) is 17.0 Å². The molecule has 0 bridgehead atoms. The van der Waals surface area contributed by atoms with Crippen LogP contribution in [0, 0.1) is 0 Å². The van der Waals surface area contributed by atoms with Crippen molar-refractivity contribution >= 4 is 28.3 Å². The standard InChI is InChI=1S/C14H15N3O3S/c1-8(2)12-16-17-14(21-12)15-11(18)9-6-4-5-7-10(9)13(19)20-3/h4-8H,1-3H3,(H,15,17,18). The number of aromatic nitrogens is 2. The number of methoxy groups -OCH3 is 1. The van der Waals surface area contributed by atoms with Gasteiger partial charge in [0.1, 0.15) is 5.01 Å². The summed E-state index contributed by atoms with van der Waals surface area (Å²) in [5.41, 5.74) is 0.455. The maximum atomic E-state index is 12.3. The molecular weight excluding hydrogens is 290 g/mol. The Morgan fingerprint density at radius 3 is 2.43 bits per heavy atom. The predicted octanol–water partition coefficient (Wildman–Crippen LogP) is 2.70. The minimum atomic E-state index is -0.555. The summed E-state index contributed by atoms with van der Waals surface area (Å²) in [5, 5.41) is 11.8. The first-order valence-corrected chi connectivity index (χ1v) is 7.16. The second-order valence-electron chi connectivity index (χ2n) is 4.59. The van der Waals surface area contributed by atoms with E-state index in [1.54, 1.807) is 24.3 Å². The number of amides is 1. The summed E-state index contributed by atoms with van der Waals surface area (Å²) in [6.45, 7) is 4.00. The van der Waals surface area contributed by atoms with Gasteiger partial charge in [0.05, 0.1) is 18.2 Å². The number of rotatable bonds is 4. The number of nitrogens with one attached hydrogen (secondary N) is 1. The SMILES string of the molecule is COC(=O)c1ccccc1C(=O)Nc1nnc(C(C)C)s1. The molecule has 2 rings (SSSR count). The van der Waals surface area contributed by atoms with Crippen molar-refractivity contribution in [1.29, 1.82) is 0 Å². The zero-order chi connectivity index (χ0) is 15.4. The highest BCUT2D eigenvalue weighted by Crippen LogP contribution is 2.23. The van der Waals surface area contributed by atoms with Crippen LogP contribution in [-0.2, 0) is 4.74 Å². The molecule has 2 aromatic rings. The van der Waals surface area contributed by atoms with Crippen LogP contribution < -0.4 is 5.32 Å². The number of ether oxygens (including phenoxy) is 1. The molecule has 0 aliphatic carbocycles. The maximum absolute atomic E-state index is 12.3. The van der Waals surface area contributed by atoms with Crippen LogP contribution in [0.3, 0.4) is 0 Å². The molecule has 0 unspecified atom stereocenters. The molecule has 0 spiro atoms. The van der Waals surface area contributed by atoms with E-state index in [1.165, 1.54) is 18.4 Å². The fourth-order valence-corrected chi connectivity index (χ4v) is 2.39. The zero-order valence-corrected chi connectivity index (χ0v) is 12.7. The van der Waals surface area contributed by atoms with Crippen LogP contribution in [0.1, 0.15) is 45.5 Å². The number of anilines is 1. The molecule has 1 N–H and O–H groups in total. The van der Waals surface area contributed by atoms with Crippen LogP contribution in [0.5, 0.6) is 0 Å². The highest BCUT2D eigenvalue weighted by molar-refractivity contribution is 7.15. The number of esters is 1. The van der Waals surface area contributed by atoms with Gasteiger partial charge in [-0.05, 0) is 12.1 Å². The molecule has 6 nitrogen and oxygen atoms in total. The largest absolute Gasteiger partial charge is 0.465 e. The van der Waals surface area contributed by atoms with Crippen molar-refractivity contribution in [2.24, 2.45) is 0 Å². The molecule has 7 heteroatoms. The van der Waals surface area contributed by atoms with E-state index in [9.17, 15) is 9.59 Å². The molecular formula is C14H15N3O3S. The number of nitrogens with zero attached hydrogens (tertiary/aromatic N) is 2. The average Bonchev–Trinajstić information content (AvgIpc) is 2.95. The normalized spacial score (nSPS) is 10.5. The molecule has 0 radical (unpaired) electrons. The summed E-state index contributed by atoms with van der Waals surface area (Å²) in [6, 6.07) is 6.46. The molecule has 0 saturated heterocycles. The van der Waals surface area contributed by atoms with Crippen molar-refractivity contribution in [3.05, 3.63) is 40.4 Å². The first-order valence-electron chi connectivity index (χ1n) is 6.35. The quantitative estimate of drug-likeness (QED) is 0.878. The summed E-state index contributed by atoms with van der Waals surface area (Å²) in [5.74, 6) is -0.723. The zero-order valence-electron chi connectivity index (χ0n) is 11.9. The van der Waals surface area contributed by atoms with Gasteiger partial charge in [0, 0.05) is 5.92 Å². The van der Waals surface area contributed by atoms with Gasteiger partial charge in [-0.15, -0.1) is 10.2 Å². The lowest BCUT2D eigenvalue weighted by molar-refractivity contribution is 0.0597. The molecule has 1 heterocycles. The number of hydrogen-bond donors (Lipinski definition) is 1. The predicted molar refractivity (Wildman–Crippen MR) is 79.7 cm³/mol. The molecule has 1 aromatic heterocycles. The average molecular weight is 305 g/mol. The Labute approximate surface area is 126 Å². The Bertz CT molecular complexity index is 667. The third kappa shape index (κ3) is 3.43. The summed E-state index contributed by atoms with van der Waals surface area (Å²) in [7, 11) is 1.27. The molecule has 0 saturated carbocycles. The van der Waals surface area contributed by atoms with Crippen LogP contribution >= 0.6 is 11.3 Å². The second-order valence-corrected chi connectivity index (χ2v) is 5.60. The molecule has 0 aliphatic rings. The fourth-order valence-electron chi connectivity index (χ4n) is 1.65. The first kappa shape index (κ1) is 15.1. The van der Waals surface area contributed by atoms with Crippen molar-refractivity contribution in [2.45, 2.75) is 19.8 Å².